The monoisotopic (exact) mass is 279 g/mol. The van der Waals surface area contributed by atoms with Gasteiger partial charge in [0, 0.05) is 6.04 Å². The van der Waals surface area contributed by atoms with Crippen molar-refractivity contribution < 1.29 is 22.3 Å². The molecule has 1 unspecified atom stereocenters. The van der Waals surface area contributed by atoms with Gasteiger partial charge in [-0.1, -0.05) is 19.1 Å². The Bertz CT molecular complexity index is 487. The maximum Gasteiger partial charge on any atom is 0.341 e. The zero-order valence-electron chi connectivity index (χ0n) is 9.81. The summed E-state index contributed by atoms with van der Waals surface area (Å²) in [7, 11) is -4.65. The number of alkyl halides is 2. The van der Waals surface area contributed by atoms with Gasteiger partial charge in [-0.3, -0.25) is 0 Å². The first-order chi connectivity index (χ1) is 8.43. The number of halogens is 2. The van der Waals surface area contributed by atoms with Crippen LogP contribution in [-0.4, -0.2) is 31.9 Å². The number of hydrogen-bond donors (Lipinski definition) is 2. The molecule has 0 fully saturated rings. The number of aliphatic hydroxyl groups is 1. The van der Waals surface area contributed by atoms with Crippen LogP contribution in [-0.2, 0) is 9.84 Å². The lowest BCUT2D eigenvalue weighted by Gasteiger charge is -2.18. The fraction of sp³-hybridized carbons (Fsp3) is 0.455. The summed E-state index contributed by atoms with van der Waals surface area (Å²) in [5.74, 6) is -3.46. The van der Waals surface area contributed by atoms with Gasteiger partial charge < -0.3 is 10.4 Å². The third kappa shape index (κ3) is 3.17. The Kier molecular flexibility index (Phi) is 5.03. The molecule has 0 aliphatic rings. The highest BCUT2D eigenvalue weighted by Gasteiger charge is 2.29. The van der Waals surface area contributed by atoms with Gasteiger partial charge in [0.25, 0.3) is 0 Å². The van der Waals surface area contributed by atoms with E-state index in [4.69, 9.17) is 5.11 Å². The highest BCUT2D eigenvalue weighted by Crippen LogP contribution is 2.26. The molecule has 1 rings (SSSR count). The second kappa shape index (κ2) is 6.10. The Morgan fingerprint density at radius 1 is 1.33 bits per heavy atom. The lowest BCUT2D eigenvalue weighted by molar-refractivity contribution is 0.235. The van der Waals surface area contributed by atoms with Gasteiger partial charge in [0.2, 0.25) is 9.84 Å². The van der Waals surface area contributed by atoms with Gasteiger partial charge in [-0.05, 0) is 18.6 Å². The van der Waals surface area contributed by atoms with E-state index in [1.807, 2.05) is 0 Å². The van der Waals surface area contributed by atoms with Crippen LogP contribution in [0.4, 0.5) is 14.5 Å². The molecule has 0 saturated carbocycles. The van der Waals surface area contributed by atoms with Crippen molar-refractivity contribution >= 4 is 15.5 Å². The average molecular weight is 279 g/mol. The number of rotatable bonds is 6. The molecule has 0 aliphatic carbocycles. The molecule has 0 aromatic heterocycles. The van der Waals surface area contributed by atoms with Crippen molar-refractivity contribution in [3.63, 3.8) is 0 Å². The summed E-state index contributed by atoms with van der Waals surface area (Å²) in [6, 6.07) is 5.05. The van der Waals surface area contributed by atoms with Crippen LogP contribution in [0.5, 0.6) is 0 Å². The molecule has 0 heterocycles. The first-order valence-corrected chi connectivity index (χ1v) is 6.96. The smallest absolute Gasteiger partial charge is 0.341 e. The van der Waals surface area contributed by atoms with E-state index in [9.17, 15) is 17.2 Å². The molecule has 0 saturated heterocycles. The van der Waals surface area contributed by atoms with E-state index in [2.05, 4.69) is 5.32 Å². The molecular weight excluding hydrogens is 264 g/mol. The van der Waals surface area contributed by atoms with Crippen molar-refractivity contribution in [2.45, 2.75) is 30.0 Å². The average Bonchev–Trinajstić information content (AvgIpc) is 2.36. The standard InChI is InChI=1S/C11H15F2NO3S/c1-2-8(7-15)14-9-5-3-4-6-10(9)18(16,17)11(12)13/h3-6,8,11,14-15H,2,7H2,1H3. The molecule has 0 radical (unpaired) electrons. The molecule has 1 atom stereocenters. The van der Waals surface area contributed by atoms with Crippen molar-refractivity contribution in [3.05, 3.63) is 24.3 Å². The lowest BCUT2D eigenvalue weighted by atomic mass is 10.2. The Morgan fingerprint density at radius 2 is 1.94 bits per heavy atom. The molecule has 102 valence electrons. The molecule has 4 nitrogen and oxygen atoms in total. The predicted octanol–water partition coefficient (Wildman–Crippen LogP) is 1.87. The highest BCUT2D eigenvalue weighted by molar-refractivity contribution is 7.91. The van der Waals surface area contributed by atoms with Crippen LogP contribution in [0.3, 0.4) is 0 Å². The molecule has 7 heteroatoms. The van der Waals surface area contributed by atoms with Crippen molar-refractivity contribution in [1.29, 1.82) is 0 Å². The molecule has 0 aliphatic heterocycles. The Morgan fingerprint density at radius 3 is 2.44 bits per heavy atom. The van der Waals surface area contributed by atoms with E-state index in [1.54, 1.807) is 6.92 Å². The largest absolute Gasteiger partial charge is 0.394 e. The molecule has 2 N–H and O–H groups in total. The topological polar surface area (TPSA) is 66.4 Å². The Hall–Kier alpha value is -1.21. The quantitative estimate of drug-likeness (QED) is 0.834. The minimum atomic E-state index is -4.65. The fourth-order valence-electron chi connectivity index (χ4n) is 1.43. The fourth-order valence-corrected chi connectivity index (χ4v) is 2.32. The zero-order chi connectivity index (χ0) is 13.8. The van der Waals surface area contributed by atoms with Crippen LogP contribution in [0.1, 0.15) is 13.3 Å². The maximum absolute atomic E-state index is 12.5. The van der Waals surface area contributed by atoms with Crippen molar-refractivity contribution in [2.75, 3.05) is 11.9 Å². The normalized spacial score (nSPS) is 13.6. The summed E-state index contributed by atoms with van der Waals surface area (Å²) in [6.45, 7) is 1.58. The first-order valence-electron chi connectivity index (χ1n) is 5.42. The van der Waals surface area contributed by atoms with Gasteiger partial charge in [-0.15, -0.1) is 0 Å². The van der Waals surface area contributed by atoms with E-state index in [-0.39, 0.29) is 18.3 Å². The maximum atomic E-state index is 12.5. The molecule has 1 aromatic carbocycles. The molecule has 18 heavy (non-hydrogen) atoms. The van der Waals surface area contributed by atoms with Crippen LogP contribution in [0, 0.1) is 0 Å². The van der Waals surface area contributed by atoms with Crippen LogP contribution < -0.4 is 5.32 Å². The van der Waals surface area contributed by atoms with Gasteiger partial charge >= 0.3 is 5.76 Å². The first kappa shape index (κ1) is 14.8. The summed E-state index contributed by atoms with van der Waals surface area (Å²) in [4.78, 5) is -0.452. The second-order valence-corrected chi connectivity index (χ2v) is 5.62. The summed E-state index contributed by atoms with van der Waals surface area (Å²) in [6.07, 6.45) is 0.541. The van der Waals surface area contributed by atoms with E-state index in [1.165, 1.54) is 18.2 Å². The number of anilines is 1. The van der Waals surface area contributed by atoms with Gasteiger partial charge in [0.05, 0.1) is 17.2 Å². The summed E-state index contributed by atoms with van der Waals surface area (Å²) >= 11 is 0. The van der Waals surface area contributed by atoms with Crippen molar-refractivity contribution in [2.24, 2.45) is 0 Å². The van der Waals surface area contributed by atoms with E-state index in [0.29, 0.717) is 6.42 Å². The SMILES string of the molecule is CCC(CO)Nc1ccccc1S(=O)(=O)C(F)F. The molecule has 1 aromatic rings. The Labute approximate surface area is 105 Å². The van der Waals surface area contributed by atoms with E-state index < -0.39 is 20.5 Å². The third-order valence-electron chi connectivity index (χ3n) is 2.50. The third-order valence-corrected chi connectivity index (χ3v) is 3.94. The van der Waals surface area contributed by atoms with E-state index in [0.717, 1.165) is 6.07 Å². The predicted molar refractivity (Wildman–Crippen MR) is 64.4 cm³/mol. The molecule has 0 bridgehead atoms. The van der Waals surface area contributed by atoms with Gasteiger partial charge in [0.1, 0.15) is 0 Å². The van der Waals surface area contributed by atoms with Gasteiger partial charge in [-0.2, -0.15) is 8.78 Å². The molecular formula is C11H15F2NO3S. The number of nitrogens with one attached hydrogen (secondary N) is 1. The summed E-state index contributed by atoms with van der Waals surface area (Å²) < 4.78 is 47.9. The van der Waals surface area contributed by atoms with Gasteiger partial charge in [0.15, 0.2) is 0 Å². The zero-order valence-corrected chi connectivity index (χ0v) is 10.6. The van der Waals surface area contributed by atoms with Crippen molar-refractivity contribution in [1.82, 2.24) is 0 Å². The number of benzene rings is 1. The second-order valence-electron chi connectivity index (χ2n) is 3.73. The number of aliphatic hydroxyl groups excluding tert-OH is 1. The lowest BCUT2D eigenvalue weighted by Crippen LogP contribution is -2.24. The van der Waals surface area contributed by atoms with Crippen LogP contribution in [0.25, 0.3) is 0 Å². The van der Waals surface area contributed by atoms with Gasteiger partial charge in [-0.25, -0.2) is 8.42 Å². The minimum Gasteiger partial charge on any atom is -0.394 e. The number of para-hydroxylation sites is 1. The summed E-state index contributed by atoms with van der Waals surface area (Å²) in [5, 5.41) is 11.8. The molecule has 0 spiro atoms. The Balaban J connectivity index is 3.15. The van der Waals surface area contributed by atoms with E-state index >= 15 is 0 Å². The van der Waals surface area contributed by atoms with Crippen LogP contribution in [0.2, 0.25) is 0 Å². The molecule has 0 amide bonds. The van der Waals surface area contributed by atoms with Crippen LogP contribution >= 0.6 is 0 Å². The number of hydrogen-bond acceptors (Lipinski definition) is 4. The van der Waals surface area contributed by atoms with Crippen molar-refractivity contribution in [3.8, 4) is 0 Å². The highest BCUT2D eigenvalue weighted by atomic mass is 32.2. The van der Waals surface area contributed by atoms with Crippen LogP contribution in [0.15, 0.2) is 29.2 Å². The minimum absolute atomic E-state index is 0.0821. The number of sulfone groups is 1. The summed E-state index contributed by atoms with van der Waals surface area (Å²) in [5.41, 5.74) is 0.0821.